The average molecular weight is 397 g/mol. The smallest absolute Gasteiger partial charge is 0.343 e. The minimum absolute atomic E-state index is 0.0716. The zero-order chi connectivity index (χ0) is 20.8. The van der Waals surface area contributed by atoms with Gasteiger partial charge in [-0.15, -0.1) is 0 Å². The zero-order valence-electron chi connectivity index (χ0n) is 16.4. The molecule has 152 valence electrons. The highest BCUT2D eigenvalue weighted by molar-refractivity contribution is 6.02. The highest BCUT2D eigenvalue weighted by Crippen LogP contribution is 2.33. The van der Waals surface area contributed by atoms with Crippen LogP contribution < -0.4 is 14.8 Å². The predicted molar refractivity (Wildman–Crippen MR) is 105 cm³/mol. The summed E-state index contributed by atoms with van der Waals surface area (Å²) < 4.78 is 15.5. The Kier molecular flexibility index (Phi) is 6.49. The number of nitrogens with one attached hydrogen (secondary N) is 1. The molecule has 7 nitrogen and oxygen atoms in total. The number of carbonyl (C=O) groups is 3. The SMILES string of the molecule is COc1ccc(C=O)c(C(=O)OCC(=O)N[C@@H]2CCCc3ccccc32)c1OC. The molecule has 0 heterocycles. The molecule has 0 radical (unpaired) electrons. The van der Waals surface area contributed by atoms with E-state index in [1.807, 2.05) is 18.2 Å². The molecular formula is C22H23NO6. The first-order chi connectivity index (χ1) is 14.1. The molecule has 29 heavy (non-hydrogen) atoms. The van der Waals surface area contributed by atoms with Crippen molar-refractivity contribution in [2.24, 2.45) is 0 Å². The Labute approximate surface area is 169 Å². The third-order valence-electron chi connectivity index (χ3n) is 4.95. The van der Waals surface area contributed by atoms with Crippen LogP contribution in [0.3, 0.4) is 0 Å². The van der Waals surface area contributed by atoms with Crippen LogP contribution in [0.1, 0.15) is 50.7 Å². The fourth-order valence-electron chi connectivity index (χ4n) is 3.59. The Hall–Kier alpha value is -3.35. The van der Waals surface area contributed by atoms with Crippen molar-refractivity contribution in [1.82, 2.24) is 5.32 Å². The Morgan fingerprint density at radius 1 is 1.14 bits per heavy atom. The van der Waals surface area contributed by atoms with Gasteiger partial charge in [0.15, 0.2) is 24.4 Å². The van der Waals surface area contributed by atoms with Gasteiger partial charge in [-0.3, -0.25) is 9.59 Å². The average Bonchev–Trinajstić information content (AvgIpc) is 2.76. The lowest BCUT2D eigenvalue weighted by atomic mass is 9.88. The molecular weight excluding hydrogens is 374 g/mol. The minimum Gasteiger partial charge on any atom is -0.493 e. The van der Waals surface area contributed by atoms with Crippen LogP contribution in [-0.2, 0) is 16.0 Å². The number of rotatable bonds is 7. The van der Waals surface area contributed by atoms with E-state index < -0.39 is 18.5 Å². The van der Waals surface area contributed by atoms with E-state index in [1.54, 1.807) is 0 Å². The second-order valence-corrected chi connectivity index (χ2v) is 6.67. The summed E-state index contributed by atoms with van der Waals surface area (Å²) in [5, 5.41) is 2.92. The molecule has 1 aliphatic carbocycles. The van der Waals surface area contributed by atoms with Crippen LogP contribution in [0.15, 0.2) is 36.4 Å². The van der Waals surface area contributed by atoms with Crippen LogP contribution in [0.5, 0.6) is 11.5 Å². The second-order valence-electron chi connectivity index (χ2n) is 6.67. The van der Waals surface area contributed by atoms with Crippen molar-refractivity contribution in [1.29, 1.82) is 0 Å². The number of aldehydes is 1. The summed E-state index contributed by atoms with van der Waals surface area (Å²) in [6, 6.07) is 10.8. The maximum Gasteiger partial charge on any atom is 0.343 e. The van der Waals surface area contributed by atoms with Gasteiger partial charge >= 0.3 is 5.97 Å². The third kappa shape index (κ3) is 4.39. The number of fused-ring (bicyclic) bond motifs is 1. The molecule has 2 aromatic carbocycles. The summed E-state index contributed by atoms with van der Waals surface area (Å²) in [6.45, 7) is -0.462. The lowest BCUT2D eigenvalue weighted by molar-refractivity contribution is -0.125. The van der Waals surface area contributed by atoms with E-state index in [0.29, 0.717) is 6.29 Å². The molecule has 3 rings (SSSR count). The Morgan fingerprint density at radius 3 is 2.66 bits per heavy atom. The number of esters is 1. The van der Waals surface area contributed by atoms with E-state index in [2.05, 4.69) is 11.4 Å². The number of hydrogen-bond acceptors (Lipinski definition) is 6. The topological polar surface area (TPSA) is 90.9 Å². The molecule has 0 bridgehead atoms. The van der Waals surface area contributed by atoms with Crippen LogP contribution >= 0.6 is 0 Å². The van der Waals surface area contributed by atoms with Crippen molar-refractivity contribution in [3.8, 4) is 11.5 Å². The fourth-order valence-corrected chi connectivity index (χ4v) is 3.59. The van der Waals surface area contributed by atoms with E-state index in [0.717, 1.165) is 24.8 Å². The van der Waals surface area contributed by atoms with Gasteiger partial charge in [0.05, 0.1) is 20.3 Å². The van der Waals surface area contributed by atoms with Gasteiger partial charge in [0, 0.05) is 5.56 Å². The molecule has 0 saturated carbocycles. The maximum atomic E-state index is 12.6. The number of aryl methyl sites for hydroxylation is 1. The number of hydrogen-bond donors (Lipinski definition) is 1. The first-order valence-corrected chi connectivity index (χ1v) is 9.33. The van der Waals surface area contributed by atoms with Crippen LogP contribution in [0.25, 0.3) is 0 Å². The normalized spacial score (nSPS) is 15.0. The number of ether oxygens (including phenoxy) is 3. The fraction of sp³-hybridized carbons (Fsp3) is 0.318. The number of methoxy groups -OCH3 is 2. The summed E-state index contributed by atoms with van der Waals surface area (Å²) in [7, 11) is 2.78. The molecule has 0 spiro atoms. The number of carbonyl (C=O) groups excluding carboxylic acids is 3. The summed E-state index contributed by atoms with van der Waals surface area (Å²) in [4.78, 5) is 36.3. The largest absolute Gasteiger partial charge is 0.493 e. The second kappa shape index (κ2) is 9.23. The molecule has 2 aromatic rings. The Balaban J connectivity index is 1.69. The zero-order valence-corrected chi connectivity index (χ0v) is 16.4. The molecule has 1 atom stereocenters. The van der Waals surface area contributed by atoms with Gasteiger partial charge in [0.2, 0.25) is 0 Å². The van der Waals surface area contributed by atoms with Crippen LogP contribution in [0.4, 0.5) is 0 Å². The quantitative estimate of drug-likeness (QED) is 0.571. The van der Waals surface area contributed by atoms with E-state index in [4.69, 9.17) is 14.2 Å². The van der Waals surface area contributed by atoms with Crippen molar-refractivity contribution in [3.63, 3.8) is 0 Å². The van der Waals surface area contributed by atoms with E-state index in [9.17, 15) is 14.4 Å². The van der Waals surface area contributed by atoms with E-state index in [-0.39, 0.29) is 28.7 Å². The van der Waals surface area contributed by atoms with Crippen LogP contribution in [0, 0.1) is 0 Å². The van der Waals surface area contributed by atoms with Crippen molar-refractivity contribution in [2.75, 3.05) is 20.8 Å². The van der Waals surface area contributed by atoms with Gasteiger partial charge in [0.25, 0.3) is 5.91 Å². The highest BCUT2D eigenvalue weighted by Gasteiger charge is 2.25. The summed E-state index contributed by atoms with van der Waals surface area (Å²) >= 11 is 0. The van der Waals surface area contributed by atoms with Crippen molar-refractivity contribution in [2.45, 2.75) is 25.3 Å². The summed E-state index contributed by atoms with van der Waals surface area (Å²) in [5.41, 5.74) is 2.33. The first kappa shape index (κ1) is 20.4. The van der Waals surface area contributed by atoms with Crippen LogP contribution in [-0.4, -0.2) is 39.0 Å². The number of amides is 1. The van der Waals surface area contributed by atoms with Gasteiger partial charge in [-0.25, -0.2) is 4.79 Å². The molecule has 0 aliphatic heterocycles. The highest BCUT2D eigenvalue weighted by atomic mass is 16.5. The molecule has 1 amide bonds. The van der Waals surface area contributed by atoms with Crippen molar-refractivity contribution >= 4 is 18.2 Å². The standard InChI is InChI=1S/C22H23NO6/c1-27-18-11-10-15(12-24)20(21(18)28-2)22(26)29-13-19(25)23-17-9-5-7-14-6-3-4-8-16(14)17/h3-4,6,8,10-12,17H,5,7,9,13H2,1-2H3,(H,23,25)/t17-/m1/s1. The van der Waals surface area contributed by atoms with E-state index in [1.165, 1.54) is 31.9 Å². The monoisotopic (exact) mass is 397 g/mol. The Bertz CT molecular complexity index is 924. The maximum absolute atomic E-state index is 12.6. The third-order valence-corrected chi connectivity index (χ3v) is 4.95. The first-order valence-electron chi connectivity index (χ1n) is 9.33. The van der Waals surface area contributed by atoms with Crippen LogP contribution in [0.2, 0.25) is 0 Å². The van der Waals surface area contributed by atoms with Gasteiger partial charge in [-0.1, -0.05) is 24.3 Å². The minimum atomic E-state index is -0.831. The lowest BCUT2D eigenvalue weighted by Crippen LogP contribution is -2.34. The molecule has 1 N–H and O–H groups in total. The van der Waals surface area contributed by atoms with Gasteiger partial charge in [-0.2, -0.15) is 0 Å². The van der Waals surface area contributed by atoms with E-state index >= 15 is 0 Å². The molecule has 0 fully saturated rings. The molecule has 0 aromatic heterocycles. The Morgan fingerprint density at radius 2 is 1.93 bits per heavy atom. The van der Waals surface area contributed by atoms with Gasteiger partial charge in [0.1, 0.15) is 5.56 Å². The number of benzene rings is 2. The molecule has 1 aliphatic rings. The van der Waals surface area contributed by atoms with Gasteiger partial charge < -0.3 is 19.5 Å². The summed E-state index contributed by atoms with van der Waals surface area (Å²) in [5.74, 6) is -0.867. The predicted octanol–water partition coefficient (Wildman–Crippen LogP) is 2.87. The molecule has 0 unspecified atom stereocenters. The summed E-state index contributed by atoms with van der Waals surface area (Å²) in [6.07, 6.45) is 3.32. The van der Waals surface area contributed by atoms with Crippen molar-refractivity contribution in [3.05, 3.63) is 58.7 Å². The lowest BCUT2D eigenvalue weighted by Gasteiger charge is -2.26. The van der Waals surface area contributed by atoms with Gasteiger partial charge in [-0.05, 0) is 42.5 Å². The molecule has 0 saturated heterocycles. The molecule has 7 heteroatoms. The van der Waals surface area contributed by atoms with Crippen molar-refractivity contribution < 1.29 is 28.6 Å².